The zero-order valence-electron chi connectivity index (χ0n) is 20.1. The minimum absolute atomic E-state index is 0.163. The molecule has 36 heavy (non-hydrogen) atoms. The van der Waals surface area contributed by atoms with E-state index in [-0.39, 0.29) is 5.57 Å². The van der Waals surface area contributed by atoms with Crippen LogP contribution in [0, 0.1) is 13.8 Å². The number of nitrogens with zero attached hydrogens (tertiary/aromatic N) is 1. The lowest BCUT2D eigenvalue weighted by atomic mass is 10.1. The van der Waals surface area contributed by atoms with Gasteiger partial charge in [0, 0.05) is 4.47 Å². The van der Waals surface area contributed by atoms with Crippen LogP contribution in [-0.4, -0.2) is 24.5 Å². The van der Waals surface area contributed by atoms with Gasteiger partial charge in [-0.3, -0.25) is 14.9 Å². The number of carbonyl (C=O) groups excluding carboxylic acids is 3. The van der Waals surface area contributed by atoms with Gasteiger partial charge in [-0.1, -0.05) is 40.2 Å². The third-order valence-corrected chi connectivity index (χ3v) is 6.26. The van der Waals surface area contributed by atoms with Gasteiger partial charge >= 0.3 is 6.03 Å². The first-order valence-electron chi connectivity index (χ1n) is 11.4. The van der Waals surface area contributed by atoms with Crippen LogP contribution in [0.2, 0.25) is 0 Å². The molecule has 184 valence electrons. The van der Waals surface area contributed by atoms with Gasteiger partial charge in [0.15, 0.2) is 11.5 Å². The van der Waals surface area contributed by atoms with Crippen molar-refractivity contribution in [3.05, 3.63) is 93.0 Å². The maximum Gasteiger partial charge on any atom is 0.335 e. The van der Waals surface area contributed by atoms with Crippen LogP contribution in [0.5, 0.6) is 11.5 Å². The SMILES string of the molecule is CCOc1cc(/C=C2\C(=O)NC(=O)N(c3ccc(Br)cc3)C2=O)ccc1OCc1ccc(C)c(C)c1. The van der Waals surface area contributed by atoms with Gasteiger partial charge in [-0.05, 0) is 85.5 Å². The monoisotopic (exact) mass is 548 g/mol. The number of urea groups is 1. The number of imide groups is 2. The van der Waals surface area contributed by atoms with Crippen molar-refractivity contribution in [2.45, 2.75) is 27.4 Å². The number of hydrogen-bond donors (Lipinski definition) is 1. The molecule has 0 saturated carbocycles. The van der Waals surface area contributed by atoms with Gasteiger partial charge in [0.05, 0.1) is 12.3 Å². The smallest absolute Gasteiger partial charge is 0.335 e. The zero-order chi connectivity index (χ0) is 25.8. The van der Waals surface area contributed by atoms with Crippen LogP contribution >= 0.6 is 15.9 Å². The topological polar surface area (TPSA) is 84.9 Å². The summed E-state index contributed by atoms with van der Waals surface area (Å²) in [5.74, 6) is -0.436. The largest absolute Gasteiger partial charge is 0.490 e. The molecule has 3 aromatic carbocycles. The van der Waals surface area contributed by atoms with Gasteiger partial charge in [0.2, 0.25) is 0 Å². The van der Waals surface area contributed by atoms with Crippen LogP contribution in [0.25, 0.3) is 6.08 Å². The Morgan fingerprint density at radius 2 is 1.64 bits per heavy atom. The molecule has 0 atom stereocenters. The molecule has 7 nitrogen and oxygen atoms in total. The van der Waals surface area contributed by atoms with Crippen molar-refractivity contribution in [2.24, 2.45) is 0 Å². The fraction of sp³-hybridized carbons (Fsp3) is 0.179. The molecule has 1 aliphatic heterocycles. The second kappa shape index (κ2) is 10.8. The van der Waals surface area contributed by atoms with Gasteiger partial charge in [-0.2, -0.15) is 0 Å². The average molecular weight is 549 g/mol. The van der Waals surface area contributed by atoms with E-state index in [2.05, 4.69) is 47.2 Å². The lowest BCUT2D eigenvalue weighted by molar-refractivity contribution is -0.122. The summed E-state index contributed by atoms with van der Waals surface area (Å²) in [5.41, 5.74) is 4.18. The van der Waals surface area contributed by atoms with Crippen molar-refractivity contribution in [3.63, 3.8) is 0 Å². The standard InChI is InChI=1S/C28H25BrN2O5/c1-4-35-25-15-19(7-12-24(25)36-16-20-6-5-17(2)18(3)13-20)14-23-26(32)30-28(34)31(27(23)33)22-10-8-21(29)9-11-22/h5-15H,4,16H2,1-3H3,(H,30,32,34)/b23-14+. The number of nitrogens with one attached hydrogen (secondary N) is 1. The van der Waals surface area contributed by atoms with Crippen LogP contribution in [0.3, 0.4) is 0 Å². The summed E-state index contributed by atoms with van der Waals surface area (Å²) >= 11 is 3.33. The molecule has 1 fully saturated rings. The van der Waals surface area contributed by atoms with Crippen molar-refractivity contribution in [3.8, 4) is 11.5 Å². The maximum absolute atomic E-state index is 13.1. The normalized spacial score (nSPS) is 14.7. The Morgan fingerprint density at radius 1 is 0.889 bits per heavy atom. The fourth-order valence-corrected chi connectivity index (χ4v) is 3.97. The number of ether oxygens (including phenoxy) is 2. The Kier molecular flexibility index (Phi) is 7.55. The summed E-state index contributed by atoms with van der Waals surface area (Å²) in [6, 6.07) is 17.2. The molecule has 4 rings (SSSR count). The van der Waals surface area contributed by atoms with E-state index >= 15 is 0 Å². The van der Waals surface area contributed by atoms with E-state index < -0.39 is 17.8 Å². The summed E-state index contributed by atoms with van der Waals surface area (Å²) in [6.45, 7) is 6.75. The van der Waals surface area contributed by atoms with E-state index in [1.807, 2.05) is 13.0 Å². The number of amides is 4. The van der Waals surface area contributed by atoms with E-state index in [1.165, 1.54) is 17.2 Å². The second-order valence-electron chi connectivity index (χ2n) is 8.28. The summed E-state index contributed by atoms with van der Waals surface area (Å²) in [6.07, 6.45) is 1.44. The highest BCUT2D eigenvalue weighted by molar-refractivity contribution is 9.10. The maximum atomic E-state index is 13.1. The molecular formula is C28H25BrN2O5. The number of aryl methyl sites for hydroxylation is 2. The summed E-state index contributed by atoms with van der Waals surface area (Å²) in [5, 5.41) is 2.23. The Morgan fingerprint density at radius 3 is 2.33 bits per heavy atom. The number of rotatable bonds is 7. The number of barbiturate groups is 1. The Labute approximate surface area is 217 Å². The number of hydrogen-bond acceptors (Lipinski definition) is 5. The molecule has 3 aromatic rings. The van der Waals surface area contributed by atoms with Gasteiger partial charge in [0.1, 0.15) is 12.2 Å². The summed E-state index contributed by atoms with van der Waals surface area (Å²) in [4.78, 5) is 39.0. The van der Waals surface area contributed by atoms with Crippen LogP contribution in [0.15, 0.2) is 70.7 Å². The summed E-state index contributed by atoms with van der Waals surface area (Å²) in [7, 11) is 0. The quantitative estimate of drug-likeness (QED) is 0.302. The Bertz CT molecular complexity index is 1360. The second-order valence-corrected chi connectivity index (χ2v) is 9.20. The molecule has 0 unspecified atom stereocenters. The highest BCUT2D eigenvalue weighted by atomic mass is 79.9. The molecule has 0 bridgehead atoms. The van der Waals surface area contributed by atoms with Crippen LogP contribution < -0.4 is 19.7 Å². The molecule has 1 saturated heterocycles. The van der Waals surface area contributed by atoms with Crippen molar-refractivity contribution >= 4 is 45.5 Å². The summed E-state index contributed by atoms with van der Waals surface area (Å²) < 4.78 is 12.6. The number of benzene rings is 3. The van der Waals surface area contributed by atoms with Crippen LogP contribution in [0.1, 0.15) is 29.2 Å². The molecular weight excluding hydrogens is 524 g/mol. The van der Waals surface area contributed by atoms with Crippen molar-refractivity contribution in [1.29, 1.82) is 0 Å². The fourth-order valence-electron chi connectivity index (χ4n) is 3.71. The molecule has 1 N–H and O–H groups in total. The molecule has 4 amide bonds. The third kappa shape index (κ3) is 5.49. The van der Waals surface area contributed by atoms with Gasteiger partial charge in [-0.15, -0.1) is 0 Å². The predicted octanol–water partition coefficient (Wildman–Crippen LogP) is 5.71. The highest BCUT2D eigenvalue weighted by Crippen LogP contribution is 2.31. The Hall–Kier alpha value is -3.91. The first-order chi connectivity index (χ1) is 17.3. The molecule has 0 aromatic heterocycles. The molecule has 8 heteroatoms. The van der Waals surface area contributed by atoms with Gasteiger partial charge in [-0.25, -0.2) is 9.69 Å². The Balaban J connectivity index is 1.60. The number of halogens is 1. The minimum Gasteiger partial charge on any atom is -0.490 e. The molecule has 0 spiro atoms. The van der Waals surface area contributed by atoms with E-state index in [9.17, 15) is 14.4 Å². The average Bonchev–Trinajstić information content (AvgIpc) is 2.84. The molecule has 1 heterocycles. The van der Waals surface area contributed by atoms with Crippen molar-refractivity contribution in [2.75, 3.05) is 11.5 Å². The third-order valence-electron chi connectivity index (χ3n) is 5.73. The lowest BCUT2D eigenvalue weighted by Crippen LogP contribution is -2.54. The molecule has 1 aliphatic rings. The highest BCUT2D eigenvalue weighted by Gasteiger charge is 2.36. The van der Waals surface area contributed by atoms with E-state index in [1.54, 1.807) is 42.5 Å². The van der Waals surface area contributed by atoms with E-state index in [0.717, 1.165) is 14.9 Å². The first kappa shape index (κ1) is 25.2. The predicted molar refractivity (Wildman–Crippen MR) is 141 cm³/mol. The minimum atomic E-state index is -0.797. The van der Waals surface area contributed by atoms with Crippen LogP contribution in [-0.2, 0) is 16.2 Å². The van der Waals surface area contributed by atoms with E-state index in [4.69, 9.17) is 9.47 Å². The zero-order valence-corrected chi connectivity index (χ0v) is 21.7. The van der Waals surface area contributed by atoms with Crippen molar-refractivity contribution < 1.29 is 23.9 Å². The van der Waals surface area contributed by atoms with Crippen molar-refractivity contribution in [1.82, 2.24) is 5.32 Å². The number of anilines is 1. The molecule has 0 aliphatic carbocycles. The lowest BCUT2D eigenvalue weighted by Gasteiger charge is -2.26. The van der Waals surface area contributed by atoms with Gasteiger partial charge in [0.25, 0.3) is 11.8 Å². The molecule has 0 radical (unpaired) electrons. The number of carbonyl (C=O) groups is 3. The van der Waals surface area contributed by atoms with Gasteiger partial charge < -0.3 is 9.47 Å². The first-order valence-corrected chi connectivity index (χ1v) is 12.2. The van der Waals surface area contributed by atoms with E-state index in [0.29, 0.717) is 36.0 Å². The van der Waals surface area contributed by atoms with Crippen LogP contribution in [0.4, 0.5) is 10.5 Å².